The molecule has 0 heterocycles. The van der Waals surface area contributed by atoms with E-state index in [0.717, 1.165) is 0 Å². The van der Waals surface area contributed by atoms with Crippen molar-refractivity contribution in [1.29, 1.82) is 0 Å². The van der Waals surface area contributed by atoms with E-state index < -0.39 is 0 Å². The maximum Gasteiger partial charge on any atom is 1.00 e. The van der Waals surface area contributed by atoms with Crippen LogP contribution in [-0.4, -0.2) is 0 Å². The molecule has 0 bridgehead atoms. The predicted molar refractivity (Wildman–Crippen MR) is 23.9 cm³/mol. The van der Waals surface area contributed by atoms with Gasteiger partial charge in [-0.15, -0.1) is 0 Å². The van der Waals surface area contributed by atoms with Gasteiger partial charge in [-0.2, -0.15) is 0 Å². The van der Waals surface area contributed by atoms with Crippen LogP contribution in [0.15, 0.2) is 10.8 Å². The van der Waals surface area contributed by atoms with Crippen LogP contribution in [0.4, 0.5) is 0 Å². The first-order valence-corrected chi connectivity index (χ1v) is 1.75. The van der Waals surface area contributed by atoms with Crippen molar-refractivity contribution < 1.29 is 59.1 Å². The summed E-state index contributed by atoms with van der Waals surface area (Å²) in [6, 6.07) is 0. The fourth-order valence-electron chi connectivity index (χ4n) is 0. The van der Waals surface area contributed by atoms with Crippen molar-refractivity contribution in [1.82, 2.24) is 0 Å². The molecule has 0 rings (SSSR count). The second kappa shape index (κ2) is 15.7. The average Bonchev–Trinajstić information content (AvgIpc) is 1.37. The number of hydrogen-bond donors (Lipinski definition) is 0. The van der Waals surface area contributed by atoms with Gasteiger partial charge in [-0.1, -0.05) is 0 Å². The van der Waals surface area contributed by atoms with Crippen LogP contribution >= 0.6 is 0 Å². The van der Waals surface area contributed by atoms with Gasteiger partial charge in [-0.3, -0.25) is 0 Å². The van der Waals surface area contributed by atoms with E-state index in [4.69, 9.17) is 0 Å². The Hall–Kier alpha value is 2.18. The summed E-state index contributed by atoms with van der Waals surface area (Å²) < 4.78 is 0. The van der Waals surface area contributed by atoms with E-state index in [2.05, 4.69) is 25.3 Å². The predicted octanol–water partition coefficient (Wildman–Crippen LogP) is -5.44. The molecule has 0 nitrogen and oxygen atoms in total. The zero-order chi connectivity index (χ0) is 3.41. The van der Waals surface area contributed by atoms with E-state index in [1.165, 1.54) is 10.8 Å². The molecule has 0 saturated heterocycles. The molecule has 0 aliphatic carbocycles. The van der Waals surface area contributed by atoms with Crippen molar-refractivity contribution in [2.75, 3.05) is 0 Å². The Morgan fingerprint density at radius 3 is 1.00 bits per heavy atom. The second-order valence-electron chi connectivity index (χ2n) is 0.272. The van der Waals surface area contributed by atoms with Crippen molar-refractivity contribution in [2.24, 2.45) is 0 Å². The number of rotatable bonds is 0. The first kappa shape index (κ1) is 15.7. The van der Waals surface area contributed by atoms with Crippen molar-refractivity contribution >= 4 is 25.3 Å². The molecule has 0 radical (unpaired) electrons. The largest absolute Gasteiger partial charge is 1.00 e. The minimum absolute atomic E-state index is 0. The molecule has 0 saturated carbocycles. The van der Waals surface area contributed by atoms with Gasteiger partial charge in [0.25, 0.3) is 0 Å². The van der Waals surface area contributed by atoms with Crippen LogP contribution in [0.25, 0.3) is 0 Å². The van der Waals surface area contributed by atoms with Crippen molar-refractivity contribution in [3.05, 3.63) is 10.8 Å². The van der Waals surface area contributed by atoms with Gasteiger partial charge in [0.1, 0.15) is 0 Å². The Kier molecular flexibility index (Phi) is 41.1. The van der Waals surface area contributed by atoms with E-state index >= 15 is 0 Å². The van der Waals surface area contributed by atoms with Crippen molar-refractivity contribution in [3.8, 4) is 0 Å². The minimum Gasteiger partial charge on any atom is -0.789 e. The van der Waals surface area contributed by atoms with E-state index in [1.54, 1.807) is 0 Å². The third kappa shape index (κ3) is 16.4. The SMILES string of the molecule is [Na+].[Na+].[S-]/C=C\[S-]. The van der Waals surface area contributed by atoms with Crippen LogP contribution in [0.3, 0.4) is 0 Å². The van der Waals surface area contributed by atoms with Gasteiger partial charge >= 0.3 is 59.1 Å². The number of hydrogen-bond acceptors (Lipinski definition) is 2. The van der Waals surface area contributed by atoms with Crippen LogP contribution in [0.1, 0.15) is 0 Å². The topological polar surface area (TPSA) is 0 Å². The Labute approximate surface area is 93.6 Å². The van der Waals surface area contributed by atoms with Crippen molar-refractivity contribution in [3.63, 3.8) is 0 Å². The molecule has 0 spiro atoms. The van der Waals surface area contributed by atoms with Crippen LogP contribution in [0, 0.1) is 0 Å². The summed E-state index contributed by atoms with van der Waals surface area (Å²) in [6.45, 7) is 0. The Balaban J connectivity index is -0.0000000450. The fourth-order valence-corrected chi connectivity index (χ4v) is 0. The second-order valence-corrected chi connectivity index (χ2v) is 0.816. The summed E-state index contributed by atoms with van der Waals surface area (Å²) >= 11 is 8.54. The van der Waals surface area contributed by atoms with E-state index in [1.807, 2.05) is 0 Å². The molecule has 0 atom stereocenters. The molecule has 0 aliphatic rings. The van der Waals surface area contributed by atoms with Crippen LogP contribution in [0.5, 0.6) is 0 Å². The smallest absolute Gasteiger partial charge is 0.789 e. The normalized spacial score (nSPS) is 6.00. The molecule has 0 aliphatic heterocycles. The monoisotopic (exact) mass is 136 g/mol. The summed E-state index contributed by atoms with van der Waals surface area (Å²) in [6.07, 6.45) is 0. The standard InChI is InChI=1S/C2H4S2.2Na/c3-1-2-4;;/h1-4H;;/q;2*+1/p-2/b2-1-;;. The zero-order valence-corrected chi connectivity index (χ0v) is 9.60. The summed E-state index contributed by atoms with van der Waals surface area (Å²) in [5.41, 5.74) is 0. The Bertz CT molecular complexity index is 24.7. The Morgan fingerprint density at radius 2 is 1.00 bits per heavy atom. The molecule has 6 heavy (non-hydrogen) atoms. The van der Waals surface area contributed by atoms with Gasteiger partial charge in [0.2, 0.25) is 0 Å². The zero-order valence-electron chi connectivity index (χ0n) is 3.97. The summed E-state index contributed by atoms with van der Waals surface area (Å²) in [7, 11) is 0. The average molecular weight is 136 g/mol. The molecule has 0 aromatic carbocycles. The molecule has 0 N–H and O–H groups in total. The van der Waals surface area contributed by atoms with Crippen molar-refractivity contribution in [2.45, 2.75) is 0 Å². The molecule has 4 heteroatoms. The molecule has 0 aromatic rings. The van der Waals surface area contributed by atoms with Crippen LogP contribution in [0.2, 0.25) is 0 Å². The summed E-state index contributed by atoms with van der Waals surface area (Å²) in [5.74, 6) is 0. The van der Waals surface area contributed by atoms with Gasteiger partial charge < -0.3 is 25.3 Å². The molecule has 0 unspecified atom stereocenters. The first-order valence-electron chi connectivity index (χ1n) is 0.805. The van der Waals surface area contributed by atoms with Crippen LogP contribution in [-0.2, 0) is 25.3 Å². The van der Waals surface area contributed by atoms with Gasteiger partial charge in [0.15, 0.2) is 0 Å². The molecular weight excluding hydrogens is 134 g/mol. The molecular formula is C2H2Na2S2. The first-order chi connectivity index (χ1) is 1.91. The minimum atomic E-state index is 0. The van der Waals surface area contributed by atoms with Gasteiger partial charge in [0.05, 0.1) is 0 Å². The summed E-state index contributed by atoms with van der Waals surface area (Å²) in [5, 5.41) is 2.80. The van der Waals surface area contributed by atoms with Gasteiger partial charge in [-0.05, 0) is 0 Å². The molecule has 0 amide bonds. The van der Waals surface area contributed by atoms with Gasteiger partial charge in [0, 0.05) is 0 Å². The van der Waals surface area contributed by atoms with E-state index in [9.17, 15) is 0 Å². The van der Waals surface area contributed by atoms with Crippen LogP contribution < -0.4 is 59.1 Å². The Morgan fingerprint density at radius 1 is 0.833 bits per heavy atom. The molecule has 24 valence electrons. The van der Waals surface area contributed by atoms with Gasteiger partial charge in [-0.25, -0.2) is 10.8 Å². The quantitative estimate of drug-likeness (QED) is 0.241. The molecule has 0 aromatic heterocycles. The van der Waals surface area contributed by atoms with E-state index in [0.29, 0.717) is 0 Å². The van der Waals surface area contributed by atoms with E-state index in [-0.39, 0.29) is 59.1 Å². The third-order valence-corrected chi connectivity index (χ3v) is 0.500. The fraction of sp³-hybridized carbons (Fsp3) is 0. The molecule has 0 fully saturated rings. The third-order valence-electron chi connectivity index (χ3n) is 0.0556. The maximum atomic E-state index is 4.27. The summed E-state index contributed by atoms with van der Waals surface area (Å²) in [4.78, 5) is 0. The maximum absolute atomic E-state index is 4.27.